The molecule has 2 aromatic heterocycles. The third kappa shape index (κ3) is 9.62. The van der Waals surface area contributed by atoms with E-state index in [4.69, 9.17) is 0 Å². The summed E-state index contributed by atoms with van der Waals surface area (Å²) >= 11 is 0. The van der Waals surface area contributed by atoms with E-state index in [-0.39, 0.29) is 6.03 Å². The maximum Gasteiger partial charge on any atom is 0.326 e. The van der Waals surface area contributed by atoms with E-state index < -0.39 is 20.8 Å². The average Bonchev–Trinajstić information content (AvgIpc) is 2.88. The maximum absolute atomic E-state index is 12.7. The molecular formula is C23H26N4O9S2. The number of aromatic amines is 1. The van der Waals surface area contributed by atoms with Crippen LogP contribution in [0.4, 0.5) is 16.2 Å². The van der Waals surface area contributed by atoms with Crippen molar-refractivity contribution in [2.45, 2.75) is 0 Å². The van der Waals surface area contributed by atoms with Gasteiger partial charge >= 0.3 is 6.03 Å². The molecule has 204 valence electrons. The lowest BCUT2D eigenvalue weighted by atomic mass is 10.2. The summed E-state index contributed by atoms with van der Waals surface area (Å²) in [5.74, 6) is 0. The first-order valence-electron chi connectivity index (χ1n) is 10.6. The van der Waals surface area contributed by atoms with Gasteiger partial charge in [0.2, 0.25) is 31.8 Å². The zero-order valence-corrected chi connectivity index (χ0v) is 22.4. The molecular weight excluding hydrogens is 540 g/mol. The van der Waals surface area contributed by atoms with Gasteiger partial charge in [-0.05, 0) is 36.4 Å². The van der Waals surface area contributed by atoms with Crippen molar-refractivity contribution in [2.75, 3.05) is 31.5 Å². The highest BCUT2D eigenvalue weighted by molar-refractivity contribution is 7.81. The quantitative estimate of drug-likeness (QED) is 0.217. The molecule has 0 saturated heterocycles. The number of nitrogens with one attached hydrogen (secondary N) is 2. The maximum atomic E-state index is 12.7. The van der Waals surface area contributed by atoms with Crippen molar-refractivity contribution >= 4 is 60.0 Å². The van der Waals surface area contributed by atoms with Gasteiger partial charge in [-0.1, -0.05) is 0 Å². The summed E-state index contributed by atoms with van der Waals surface area (Å²) in [7, 11) is -3.43. The molecule has 13 nitrogen and oxygen atoms in total. The highest BCUT2D eigenvalue weighted by atomic mass is 32.3. The van der Waals surface area contributed by atoms with E-state index in [0.717, 1.165) is 47.4 Å². The number of carbonyl (C=O) groups is 1. The number of carbonyl (C=O) groups excluding carboxylic acids is 1. The number of nitrogens with zero attached hydrogens (tertiary/aromatic N) is 2. The molecule has 2 aromatic carbocycles. The van der Waals surface area contributed by atoms with E-state index in [1.807, 2.05) is 80.1 Å². The molecule has 38 heavy (non-hydrogen) atoms. The zero-order valence-electron chi connectivity index (χ0n) is 20.8. The van der Waals surface area contributed by atoms with Gasteiger partial charge in [-0.15, -0.1) is 0 Å². The number of hydrogen-bond acceptors (Lipinski definition) is 9. The summed E-state index contributed by atoms with van der Waals surface area (Å²) in [6, 6.07) is 19.6. The third-order valence-electron chi connectivity index (χ3n) is 4.99. The van der Waals surface area contributed by atoms with Crippen LogP contribution in [0.2, 0.25) is 0 Å². The minimum Gasteiger partial charge on any atom is -0.726 e. The number of anilines is 2. The van der Waals surface area contributed by atoms with Crippen LogP contribution >= 0.6 is 0 Å². The third-order valence-corrected chi connectivity index (χ3v) is 5.81. The molecule has 4 rings (SSSR count). The average molecular weight is 567 g/mol. The molecule has 0 bridgehead atoms. The number of amides is 2. The molecule has 0 saturated carbocycles. The summed E-state index contributed by atoms with van der Waals surface area (Å²) < 4.78 is 64.1. The second kappa shape index (κ2) is 13.2. The number of H-pyrrole nitrogens is 1. The molecule has 15 heteroatoms. The Balaban J connectivity index is 0.000000355. The fraction of sp³-hybridized carbons (Fsp3) is 0.174. The standard InChI is InChI=1S/C21H18N4O.2CH4O4S/c1-24-12-4-6-16-14-18(8-10-20(16)24)25(2)21(26)23-17-7-9-19-15(13-17)5-3-11-22-19;2*1-5-6(2,3)4/h3-14H,1-2H3;2*1H3,(H,2,3,4). The number of urea groups is 1. The molecule has 0 fully saturated rings. The van der Waals surface area contributed by atoms with Gasteiger partial charge in [0, 0.05) is 53.5 Å². The zero-order chi connectivity index (χ0) is 28.5. The van der Waals surface area contributed by atoms with Gasteiger partial charge in [-0.2, -0.15) is 0 Å². The van der Waals surface area contributed by atoms with E-state index in [1.165, 1.54) is 0 Å². The minimum absolute atomic E-state index is 0.177. The summed E-state index contributed by atoms with van der Waals surface area (Å²) in [5.41, 5.74) is 3.76. The second-order valence-corrected chi connectivity index (χ2v) is 9.77. The van der Waals surface area contributed by atoms with Crippen LogP contribution in [0.5, 0.6) is 0 Å². The molecule has 2 amide bonds. The molecule has 0 radical (unpaired) electrons. The lowest BCUT2D eigenvalue weighted by molar-refractivity contribution is -0.644. The lowest BCUT2D eigenvalue weighted by Crippen LogP contribution is -2.31. The fourth-order valence-electron chi connectivity index (χ4n) is 3.09. The van der Waals surface area contributed by atoms with Gasteiger partial charge in [-0.25, -0.2) is 31.2 Å². The Labute approximate surface area is 220 Å². The Hall–Kier alpha value is -3.73. The Bertz CT molecular complexity index is 1600. The van der Waals surface area contributed by atoms with Crippen LogP contribution in [0, 0.1) is 0 Å². The summed E-state index contributed by atoms with van der Waals surface area (Å²) in [4.78, 5) is 17.4. The smallest absolute Gasteiger partial charge is 0.326 e. The topological polar surface area (TPSA) is 183 Å². The molecule has 2 heterocycles. The van der Waals surface area contributed by atoms with Gasteiger partial charge in [0.25, 0.3) is 0 Å². The highest BCUT2D eigenvalue weighted by Gasteiger charge is 2.14. The largest absolute Gasteiger partial charge is 0.726 e. The van der Waals surface area contributed by atoms with Crippen LogP contribution in [-0.2, 0) is 36.2 Å². The summed E-state index contributed by atoms with van der Waals surface area (Å²) in [6.07, 6.45) is 3.89. The van der Waals surface area contributed by atoms with Crippen LogP contribution < -0.4 is 19.8 Å². The van der Waals surface area contributed by atoms with Crippen molar-refractivity contribution in [1.29, 1.82) is 0 Å². The minimum atomic E-state index is -4.41. The van der Waals surface area contributed by atoms with Crippen molar-refractivity contribution < 1.29 is 48.7 Å². The molecule has 0 aliphatic heterocycles. The van der Waals surface area contributed by atoms with Gasteiger partial charge in [0.15, 0.2) is 12.4 Å². The first kappa shape index (κ1) is 30.5. The number of hydrogen-bond donors (Lipinski definition) is 1. The summed E-state index contributed by atoms with van der Waals surface area (Å²) in [6.45, 7) is 0. The van der Waals surface area contributed by atoms with E-state index in [1.54, 1.807) is 11.9 Å². The van der Waals surface area contributed by atoms with Crippen LogP contribution in [0.15, 0.2) is 73.1 Å². The van der Waals surface area contributed by atoms with Crippen LogP contribution in [0.1, 0.15) is 0 Å². The predicted molar refractivity (Wildman–Crippen MR) is 136 cm³/mol. The van der Waals surface area contributed by atoms with Gasteiger partial charge < -0.3 is 14.4 Å². The van der Waals surface area contributed by atoms with Crippen molar-refractivity contribution in [3.8, 4) is 0 Å². The number of pyridine rings is 2. The molecule has 0 unspecified atom stereocenters. The molecule has 0 aliphatic rings. The number of rotatable bonds is 4. The molecule has 0 atom stereocenters. The van der Waals surface area contributed by atoms with Gasteiger partial charge in [0.05, 0.1) is 14.2 Å². The first-order chi connectivity index (χ1) is 17.7. The van der Waals surface area contributed by atoms with Crippen LogP contribution in [-0.4, -0.2) is 53.2 Å². The number of aromatic nitrogens is 2. The second-order valence-electron chi connectivity index (χ2n) is 7.47. The Morgan fingerprint density at radius 1 is 0.921 bits per heavy atom. The van der Waals surface area contributed by atoms with E-state index in [2.05, 4.69) is 23.2 Å². The number of fused-ring (bicyclic) bond motifs is 2. The molecule has 0 spiro atoms. The normalized spacial score (nSPS) is 11.1. The molecule has 2 N–H and O–H groups in total. The van der Waals surface area contributed by atoms with Crippen molar-refractivity contribution in [3.63, 3.8) is 0 Å². The molecule has 0 aliphatic carbocycles. The SMILES string of the molecule is CN(C(=O)Nc1ccc2[nH+]cccc2c1)c1ccc2c(ccc[n+]2C)c1.COS(=O)(=O)[O-].COS(=O)(=O)[O-]. The molecule has 4 aromatic rings. The van der Waals surface area contributed by atoms with E-state index in [0.29, 0.717) is 0 Å². The van der Waals surface area contributed by atoms with Crippen molar-refractivity contribution in [3.05, 3.63) is 73.1 Å². The predicted octanol–water partition coefficient (Wildman–Crippen LogP) is 1.49. The Kier molecular flexibility index (Phi) is 10.6. The van der Waals surface area contributed by atoms with Gasteiger partial charge in [0.1, 0.15) is 7.05 Å². The fourth-order valence-corrected chi connectivity index (χ4v) is 3.09. The number of benzene rings is 2. The van der Waals surface area contributed by atoms with E-state index in [9.17, 15) is 30.7 Å². The number of aryl methyl sites for hydroxylation is 1. The van der Waals surface area contributed by atoms with Crippen molar-refractivity contribution in [2.24, 2.45) is 7.05 Å². The lowest BCUT2D eigenvalue weighted by Gasteiger charge is -2.18. The van der Waals surface area contributed by atoms with E-state index >= 15 is 0 Å². The Morgan fingerprint density at radius 2 is 1.53 bits per heavy atom. The van der Waals surface area contributed by atoms with Gasteiger partial charge in [-0.3, -0.25) is 13.3 Å². The monoisotopic (exact) mass is 566 g/mol. The Morgan fingerprint density at radius 3 is 2.13 bits per heavy atom. The first-order valence-corrected chi connectivity index (χ1v) is 13.3. The summed E-state index contributed by atoms with van der Waals surface area (Å²) in [5, 5.41) is 5.10. The van der Waals surface area contributed by atoms with Crippen LogP contribution in [0.25, 0.3) is 21.8 Å². The van der Waals surface area contributed by atoms with Crippen molar-refractivity contribution in [1.82, 2.24) is 0 Å². The highest BCUT2D eigenvalue weighted by Crippen LogP contribution is 2.21. The van der Waals surface area contributed by atoms with Crippen LogP contribution in [0.3, 0.4) is 0 Å².